The largest absolute Gasteiger partial charge is 0.329 e. The van der Waals surface area contributed by atoms with Crippen LogP contribution < -0.4 is 0 Å². The van der Waals surface area contributed by atoms with E-state index in [0.29, 0.717) is 6.04 Å². The molecule has 0 radical (unpaired) electrons. The maximum atomic E-state index is 5.42. The molecule has 1 saturated heterocycles. The number of aryl methyl sites for hydroxylation is 1. The number of likely N-dealkylation sites (N-methyl/N-ethyl adjacent to an activating group) is 1. The molecule has 0 spiro atoms. The Hall–Kier alpha value is -1.20. The van der Waals surface area contributed by atoms with Gasteiger partial charge in [-0.3, -0.25) is 4.57 Å². The van der Waals surface area contributed by atoms with Crippen molar-refractivity contribution >= 4 is 23.4 Å². The molecular weight excluding hydrogens is 232 g/mol. The first-order chi connectivity index (χ1) is 8.15. The van der Waals surface area contributed by atoms with Gasteiger partial charge >= 0.3 is 0 Å². The standard InChI is InChI=1S/C12H16N4S/c1-8-5-10-11(13-6-8)16(12(17)14-10)9-3-4-15(2)7-9/h5-6,9H,3-4,7H2,1-2H3,(H,14,17). The zero-order valence-electron chi connectivity index (χ0n) is 10.1. The maximum Gasteiger partial charge on any atom is 0.179 e. The number of hydrogen-bond acceptors (Lipinski definition) is 3. The van der Waals surface area contributed by atoms with E-state index in [1.165, 1.54) is 0 Å². The van der Waals surface area contributed by atoms with Crippen LogP contribution in [-0.4, -0.2) is 39.6 Å². The van der Waals surface area contributed by atoms with E-state index in [4.69, 9.17) is 12.2 Å². The van der Waals surface area contributed by atoms with Gasteiger partial charge in [0.05, 0.1) is 11.6 Å². The van der Waals surface area contributed by atoms with Gasteiger partial charge in [-0.1, -0.05) is 0 Å². The van der Waals surface area contributed by atoms with E-state index >= 15 is 0 Å². The summed E-state index contributed by atoms with van der Waals surface area (Å²) < 4.78 is 2.96. The second kappa shape index (κ2) is 3.92. The molecule has 3 rings (SSSR count). The quantitative estimate of drug-likeness (QED) is 0.787. The molecule has 1 aliphatic heterocycles. The maximum absolute atomic E-state index is 5.42. The molecule has 1 N–H and O–H groups in total. The van der Waals surface area contributed by atoms with Gasteiger partial charge in [-0.2, -0.15) is 0 Å². The number of fused-ring (bicyclic) bond motifs is 1. The highest BCUT2D eigenvalue weighted by Crippen LogP contribution is 2.25. The van der Waals surface area contributed by atoms with Crippen molar-refractivity contribution in [2.45, 2.75) is 19.4 Å². The highest BCUT2D eigenvalue weighted by atomic mass is 32.1. The highest BCUT2D eigenvalue weighted by molar-refractivity contribution is 7.71. The van der Waals surface area contributed by atoms with E-state index in [-0.39, 0.29) is 0 Å². The molecule has 4 nitrogen and oxygen atoms in total. The van der Waals surface area contributed by atoms with Crippen molar-refractivity contribution in [2.75, 3.05) is 20.1 Å². The lowest BCUT2D eigenvalue weighted by molar-refractivity contribution is 0.393. The summed E-state index contributed by atoms with van der Waals surface area (Å²) in [5, 5.41) is 0. The molecule has 2 aromatic rings. The molecule has 0 bridgehead atoms. The number of pyridine rings is 1. The summed E-state index contributed by atoms with van der Waals surface area (Å²) in [6.07, 6.45) is 3.05. The lowest BCUT2D eigenvalue weighted by Crippen LogP contribution is -2.16. The number of likely N-dealkylation sites (tertiary alicyclic amines) is 1. The third-order valence-corrected chi connectivity index (χ3v) is 3.72. The molecule has 1 unspecified atom stereocenters. The third kappa shape index (κ3) is 1.79. The number of rotatable bonds is 1. The molecule has 0 aromatic carbocycles. The van der Waals surface area contributed by atoms with Crippen molar-refractivity contribution in [3.8, 4) is 0 Å². The molecule has 1 fully saturated rings. The zero-order valence-corrected chi connectivity index (χ0v) is 10.9. The van der Waals surface area contributed by atoms with Crippen molar-refractivity contribution < 1.29 is 0 Å². The van der Waals surface area contributed by atoms with Gasteiger partial charge in [0.15, 0.2) is 10.4 Å². The summed E-state index contributed by atoms with van der Waals surface area (Å²) in [5.74, 6) is 0. The number of H-pyrrole nitrogens is 1. The minimum absolute atomic E-state index is 0.455. The van der Waals surface area contributed by atoms with Gasteiger partial charge in [0.25, 0.3) is 0 Å². The van der Waals surface area contributed by atoms with Crippen molar-refractivity contribution in [1.82, 2.24) is 19.4 Å². The molecule has 17 heavy (non-hydrogen) atoms. The second-order valence-electron chi connectivity index (χ2n) is 4.89. The normalized spacial score (nSPS) is 21.4. The van der Waals surface area contributed by atoms with Crippen LogP contribution in [0.5, 0.6) is 0 Å². The van der Waals surface area contributed by atoms with E-state index in [9.17, 15) is 0 Å². The van der Waals surface area contributed by atoms with Gasteiger partial charge in [0.1, 0.15) is 0 Å². The Morgan fingerprint density at radius 2 is 2.35 bits per heavy atom. The van der Waals surface area contributed by atoms with Crippen molar-refractivity contribution in [2.24, 2.45) is 0 Å². The highest BCUT2D eigenvalue weighted by Gasteiger charge is 2.23. The predicted octanol–water partition coefficient (Wildman–Crippen LogP) is 2.28. The van der Waals surface area contributed by atoms with E-state index in [0.717, 1.165) is 41.0 Å². The lowest BCUT2D eigenvalue weighted by atomic mass is 10.2. The number of imidazole rings is 1. The summed E-state index contributed by atoms with van der Waals surface area (Å²) in [7, 11) is 2.15. The van der Waals surface area contributed by atoms with Crippen molar-refractivity contribution in [3.63, 3.8) is 0 Å². The average Bonchev–Trinajstić information content (AvgIpc) is 2.80. The molecule has 5 heteroatoms. The smallest absolute Gasteiger partial charge is 0.179 e. The molecular formula is C12H16N4S. The van der Waals surface area contributed by atoms with Crippen LogP contribution in [0.1, 0.15) is 18.0 Å². The van der Waals surface area contributed by atoms with Gasteiger partial charge in [-0.15, -0.1) is 0 Å². The Balaban J connectivity index is 2.15. The molecule has 0 amide bonds. The van der Waals surface area contributed by atoms with Crippen LogP contribution in [0, 0.1) is 11.7 Å². The number of aromatic amines is 1. The van der Waals surface area contributed by atoms with Gasteiger partial charge in [-0.05, 0) is 50.8 Å². The van der Waals surface area contributed by atoms with Crippen LogP contribution in [0.4, 0.5) is 0 Å². The fourth-order valence-corrected chi connectivity index (χ4v) is 2.92. The van der Waals surface area contributed by atoms with E-state index in [1.54, 1.807) is 0 Å². The Labute approximate surface area is 105 Å². The molecule has 90 valence electrons. The third-order valence-electron chi connectivity index (χ3n) is 3.42. The number of nitrogens with zero attached hydrogens (tertiary/aromatic N) is 3. The summed E-state index contributed by atoms with van der Waals surface area (Å²) in [4.78, 5) is 10.1. The molecule has 0 saturated carbocycles. The summed E-state index contributed by atoms with van der Waals surface area (Å²) in [6, 6.07) is 2.56. The summed E-state index contributed by atoms with van der Waals surface area (Å²) in [6.45, 7) is 4.23. The van der Waals surface area contributed by atoms with Crippen LogP contribution >= 0.6 is 12.2 Å². The van der Waals surface area contributed by atoms with Crippen LogP contribution in [0.3, 0.4) is 0 Å². The zero-order chi connectivity index (χ0) is 12.0. The molecule has 2 aromatic heterocycles. The SMILES string of the molecule is Cc1cnc2c(c1)[nH]c(=S)n2C1CCN(C)C1. The average molecular weight is 248 g/mol. The number of hydrogen-bond donors (Lipinski definition) is 1. The summed E-state index contributed by atoms with van der Waals surface area (Å²) in [5.41, 5.74) is 3.19. The number of aromatic nitrogens is 3. The van der Waals surface area contributed by atoms with E-state index < -0.39 is 0 Å². The monoisotopic (exact) mass is 248 g/mol. The van der Waals surface area contributed by atoms with Crippen molar-refractivity contribution in [3.05, 3.63) is 22.6 Å². The van der Waals surface area contributed by atoms with Gasteiger partial charge in [0, 0.05) is 12.7 Å². The Bertz CT molecular complexity index is 612. The minimum Gasteiger partial charge on any atom is -0.329 e. The fraction of sp³-hybridized carbons (Fsp3) is 0.500. The van der Waals surface area contributed by atoms with Gasteiger partial charge < -0.3 is 9.88 Å². The van der Waals surface area contributed by atoms with E-state index in [2.05, 4.69) is 32.5 Å². The van der Waals surface area contributed by atoms with Crippen LogP contribution in [0.25, 0.3) is 11.2 Å². The van der Waals surface area contributed by atoms with Crippen molar-refractivity contribution in [1.29, 1.82) is 0 Å². The first kappa shape index (κ1) is 10.9. The second-order valence-corrected chi connectivity index (χ2v) is 5.28. The minimum atomic E-state index is 0.455. The first-order valence-corrected chi connectivity index (χ1v) is 6.31. The van der Waals surface area contributed by atoms with E-state index in [1.807, 2.05) is 13.1 Å². The van der Waals surface area contributed by atoms with Crippen LogP contribution in [0.15, 0.2) is 12.3 Å². The van der Waals surface area contributed by atoms with Crippen LogP contribution in [0.2, 0.25) is 0 Å². The van der Waals surface area contributed by atoms with Gasteiger partial charge in [0.2, 0.25) is 0 Å². The lowest BCUT2D eigenvalue weighted by Gasteiger charge is -2.12. The van der Waals surface area contributed by atoms with Gasteiger partial charge in [-0.25, -0.2) is 4.98 Å². The predicted molar refractivity (Wildman–Crippen MR) is 70.8 cm³/mol. The first-order valence-electron chi connectivity index (χ1n) is 5.90. The molecule has 3 heterocycles. The van der Waals surface area contributed by atoms with Crippen LogP contribution in [-0.2, 0) is 0 Å². The fourth-order valence-electron chi connectivity index (χ4n) is 2.58. The molecule has 1 atom stereocenters. The summed E-state index contributed by atoms with van der Waals surface area (Å²) >= 11 is 5.42. The topological polar surface area (TPSA) is 36.9 Å². The number of nitrogens with one attached hydrogen (secondary N) is 1. The Morgan fingerprint density at radius 3 is 3.06 bits per heavy atom. The molecule has 0 aliphatic carbocycles. The Morgan fingerprint density at radius 1 is 1.53 bits per heavy atom. The Kier molecular flexibility index (Phi) is 2.52. The molecule has 1 aliphatic rings.